The van der Waals surface area contributed by atoms with Gasteiger partial charge >= 0.3 is 0 Å². The first-order valence-electron chi connectivity index (χ1n) is 5.72. The van der Waals surface area contributed by atoms with E-state index in [0.717, 1.165) is 10.9 Å². The second-order valence-electron chi connectivity index (χ2n) is 4.18. The first-order valence-corrected chi connectivity index (χ1v) is 5.72. The highest BCUT2D eigenvalue weighted by molar-refractivity contribution is 5.78. The molecule has 0 aliphatic rings. The van der Waals surface area contributed by atoms with Gasteiger partial charge < -0.3 is 10.2 Å². The van der Waals surface area contributed by atoms with Gasteiger partial charge in [0.15, 0.2) is 0 Å². The summed E-state index contributed by atoms with van der Waals surface area (Å²) < 4.78 is 7.29. The van der Waals surface area contributed by atoms with Crippen molar-refractivity contribution in [1.82, 2.24) is 20.0 Å². The van der Waals surface area contributed by atoms with Crippen molar-refractivity contribution in [3.8, 4) is 0 Å². The zero-order chi connectivity index (χ0) is 12.5. The summed E-state index contributed by atoms with van der Waals surface area (Å²) >= 11 is 0. The highest BCUT2D eigenvalue weighted by atomic mass is 16.4. The van der Waals surface area contributed by atoms with E-state index in [0.29, 0.717) is 18.3 Å². The van der Waals surface area contributed by atoms with Gasteiger partial charge in [0.25, 0.3) is 0 Å². The largest absolute Gasteiger partial charge is 0.422 e. The van der Waals surface area contributed by atoms with Gasteiger partial charge in [-0.1, -0.05) is 18.2 Å². The Morgan fingerprint density at radius 3 is 2.94 bits per heavy atom. The van der Waals surface area contributed by atoms with Crippen LogP contribution in [0, 0.1) is 0 Å². The summed E-state index contributed by atoms with van der Waals surface area (Å²) in [7, 11) is 0. The summed E-state index contributed by atoms with van der Waals surface area (Å²) in [6, 6.07) is 7.72. The summed E-state index contributed by atoms with van der Waals surface area (Å²) in [5.74, 6) is 0.956. The number of rotatable bonds is 3. The number of hydrogen-bond acceptors (Lipinski definition) is 5. The molecule has 0 aliphatic carbocycles. The van der Waals surface area contributed by atoms with E-state index in [1.54, 1.807) is 6.92 Å². The molecule has 0 radical (unpaired) electrons. The Balaban J connectivity index is 1.91. The van der Waals surface area contributed by atoms with Crippen LogP contribution in [0.2, 0.25) is 0 Å². The predicted molar refractivity (Wildman–Crippen MR) is 65.7 cm³/mol. The minimum absolute atomic E-state index is 0.249. The molecule has 1 aromatic carbocycles. The quantitative estimate of drug-likeness (QED) is 0.753. The maximum Gasteiger partial charge on any atom is 0.238 e. The third kappa shape index (κ3) is 1.86. The maximum absolute atomic E-state index is 5.67. The van der Waals surface area contributed by atoms with Gasteiger partial charge in [0.2, 0.25) is 11.8 Å². The molecule has 0 bridgehead atoms. The highest BCUT2D eigenvalue weighted by Gasteiger charge is 2.11. The van der Waals surface area contributed by atoms with Crippen LogP contribution in [0.1, 0.15) is 24.7 Å². The minimum atomic E-state index is -0.249. The lowest BCUT2D eigenvalue weighted by Crippen LogP contribution is -2.04. The van der Waals surface area contributed by atoms with Crippen LogP contribution < -0.4 is 5.73 Å². The van der Waals surface area contributed by atoms with E-state index in [4.69, 9.17) is 10.2 Å². The number of hydrogen-bond donors (Lipinski definition) is 1. The Morgan fingerprint density at radius 2 is 2.17 bits per heavy atom. The van der Waals surface area contributed by atoms with Crippen molar-refractivity contribution >= 4 is 10.9 Å². The summed E-state index contributed by atoms with van der Waals surface area (Å²) in [6.07, 6.45) is 1.82. The molecular formula is C12H13N5O. The third-order valence-electron chi connectivity index (χ3n) is 2.71. The van der Waals surface area contributed by atoms with Gasteiger partial charge in [0, 0.05) is 5.39 Å². The minimum Gasteiger partial charge on any atom is -0.422 e. The Hall–Kier alpha value is -2.21. The number of nitrogens with two attached hydrogens (primary N) is 1. The summed E-state index contributed by atoms with van der Waals surface area (Å²) in [6.45, 7) is 2.26. The van der Waals surface area contributed by atoms with Crippen LogP contribution in [-0.2, 0) is 6.54 Å². The summed E-state index contributed by atoms with van der Waals surface area (Å²) in [5, 5.41) is 13.2. The van der Waals surface area contributed by atoms with Crippen molar-refractivity contribution < 1.29 is 4.42 Å². The Bertz CT molecular complexity index is 670. The van der Waals surface area contributed by atoms with Crippen molar-refractivity contribution in [2.75, 3.05) is 0 Å². The molecule has 0 aliphatic heterocycles. The monoisotopic (exact) mass is 243 g/mol. The lowest BCUT2D eigenvalue weighted by atomic mass is 10.3. The fourth-order valence-electron chi connectivity index (χ4n) is 1.79. The lowest BCUT2D eigenvalue weighted by Gasteiger charge is -1.99. The van der Waals surface area contributed by atoms with Crippen LogP contribution in [0.3, 0.4) is 0 Å². The van der Waals surface area contributed by atoms with E-state index >= 15 is 0 Å². The molecule has 2 heterocycles. The first-order chi connectivity index (χ1) is 8.74. The molecule has 0 amide bonds. The topological polar surface area (TPSA) is 82.8 Å². The SMILES string of the molecule is C[C@H](N)c1nnc(Cn2ncc3ccccc32)o1. The Labute approximate surface area is 103 Å². The van der Waals surface area contributed by atoms with E-state index in [2.05, 4.69) is 15.3 Å². The number of para-hydroxylation sites is 1. The zero-order valence-corrected chi connectivity index (χ0v) is 9.95. The molecule has 0 unspecified atom stereocenters. The van der Waals surface area contributed by atoms with Gasteiger partial charge in [-0.05, 0) is 13.0 Å². The van der Waals surface area contributed by atoms with Gasteiger partial charge in [0.1, 0.15) is 6.54 Å². The van der Waals surface area contributed by atoms with Crippen molar-refractivity contribution in [3.63, 3.8) is 0 Å². The molecule has 2 aromatic heterocycles. The van der Waals surface area contributed by atoms with E-state index in [-0.39, 0.29) is 6.04 Å². The molecule has 0 saturated carbocycles. The molecule has 6 nitrogen and oxygen atoms in total. The van der Waals surface area contributed by atoms with E-state index in [1.807, 2.05) is 35.1 Å². The fraction of sp³-hybridized carbons (Fsp3) is 0.250. The first kappa shape index (κ1) is 10.9. The van der Waals surface area contributed by atoms with Crippen LogP contribution in [0.15, 0.2) is 34.9 Å². The highest BCUT2D eigenvalue weighted by Crippen LogP contribution is 2.15. The van der Waals surface area contributed by atoms with E-state index in [9.17, 15) is 0 Å². The maximum atomic E-state index is 5.67. The van der Waals surface area contributed by atoms with Crippen LogP contribution in [-0.4, -0.2) is 20.0 Å². The molecule has 0 spiro atoms. The van der Waals surface area contributed by atoms with Gasteiger partial charge in [-0.25, -0.2) is 0 Å². The smallest absolute Gasteiger partial charge is 0.238 e. The molecule has 2 N–H and O–H groups in total. The fourth-order valence-corrected chi connectivity index (χ4v) is 1.79. The number of aromatic nitrogens is 4. The van der Waals surface area contributed by atoms with Crippen molar-refractivity contribution in [1.29, 1.82) is 0 Å². The van der Waals surface area contributed by atoms with Crippen LogP contribution in [0.5, 0.6) is 0 Å². The molecule has 18 heavy (non-hydrogen) atoms. The van der Waals surface area contributed by atoms with Crippen LogP contribution in [0.4, 0.5) is 0 Å². The zero-order valence-electron chi connectivity index (χ0n) is 9.95. The normalized spacial score (nSPS) is 13.0. The third-order valence-corrected chi connectivity index (χ3v) is 2.71. The Morgan fingerprint density at radius 1 is 1.33 bits per heavy atom. The summed E-state index contributed by atoms with van der Waals surface area (Å²) in [5.41, 5.74) is 6.71. The molecule has 6 heteroatoms. The van der Waals surface area contributed by atoms with Crippen molar-refractivity contribution in [2.45, 2.75) is 19.5 Å². The molecule has 92 valence electrons. The number of benzene rings is 1. The van der Waals surface area contributed by atoms with E-state index < -0.39 is 0 Å². The van der Waals surface area contributed by atoms with E-state index in [1.165, 1.54) is 0 Å². The van der Waals surface area contributed by atoms with Crippen molar-refractivity contribution in [2.24, 2.45) is 5.73 Å². The van der Waals surface area contributed by atoms with Gasteiger partial charge in [0.05, 0.1) is 17.8 Å². The molecule has 1 atom stereocenters. The van der Waals surface area contributed by atoms with Gasteiger partial charge in [-0.2, -0.15) is 5.10 Å². The number of nitrogens with zero attached hydrogens (tertiary/aromatic N) is 4. The predicted octanol–water partition coefficient (Wildman–Crippen LogP) is 1.49. The second-order valence-corrected chi connectivity index (χ2v) is 4.18. The summed E-state index contributed by atoms with van der Waals surface area (Å²) in [4.78, 5) is 0. The Kier molecular flexibility index (Phi) is 2.56. The molecular weight excluding hydrogens is 230 g/mol. The lowest BCUT2D eigenvalue weighted by molar-refractivity contribution is 0.414. The van der Waals surface area contributed by atoms with Crippen LogP contribution >= 0.6 is 0 Å². The average Bonchev–Trinajstić information content (AvgIpc) is 2.98. The molecule has 3 aromatic rings. The standard InChI is InChI=1S/C12H13N5O/c1-8(13)12-16-15-11(18-12)7-17-10-5-3-2-4-9(10)6-14-17/h2-6,8H,7,13H2,1H3/t8-/m0/s1. The van der Waals surface area contributed by atoms with Gasteiger partial charge in [-0.15, -0.1) is 10.2 Å². The molecule has 3 rings (SSSR count). The average molecular weight is 243 g/mol. The molecule has 0 saturated heterocycles. The van der Waals surface area contributed by atoms with Gasteiger partial charge in [-0.3, -0.25) is 4.68 Å². The van der Waals surface area contributed by atoms with Crippen LogP contribution in [0.25, 0.3) is 10.9 Å². The number of fused-ring (bicyclic) bond motifs is 1. The second kappa shape index (κ2) is 4.23. The molecule has 0 fully saturated rings. The van der Waals surface area contributed by atoms with Crippen molar-refractivity contribution in [3.05, 3.63) is 42.2 Å².